The van der Waals surface area contributed by atoms with Gasteiger partial charge in [0, 0.05) is 50.5 Å². The second-order valence-corrected chi connectivity index (χ2v) is 6.11. The molecule has 5 nitrogen and oxygen atoms in total. The summed E-state index contributed by atoms with van der Waals surface area (Å²) < 4.78 is 0. The van der Waals surface area contributed by atoms with Crippen molar-refractivity contribution in [3.05, 3.63) is 65.7 Å². The molecular formula is C20H22N4O. The first-order chi connectivity index (χ1) is 12.3. The van der Waals surface area contributed by atoms with E-state index in [0.717, 1.165) is 32.7 Å². The highest BCUT2D eigenvalue weighted by Gasteiger charge is 2.16. The molecule has 0 aromatic heterocycles. The molecule has 2 aromatic rings. The molecule has 1 N–H and O–H groups in total. The predicted octanol–water partition coefficient (Wildman–Crippen LogP) is 2.11. The topological polar surface area (TPSA) is 59.4 Å². The van der Waals surface area contributed by atoms with Crippen molar-refractivity contribution in [2.75, 3.05) is 44.2 Å². The number of nitrogens with one attached hydrogen (secondary N) is 1. The number of carbonyl (C=O) groups is 1. The van der Waals surface area contributed by atoms with Gasteiger partial charge in [0.2, 0.25) is 0 Å². The van der Waals surface area contributed by atoms with E-state index in [4.69, 9.17) is 5.26 Å². The van der Waals surface area contributed by atoms with Crippen molar-refractivity contribution < 1.29 is 4.79 Å². The van der Waals surface area contributed by atoms with Gasteiger partial charge in [-0.25, -0.2) is 0 Å². The molecule has 128 valence electrons. The van der Waals surface area contributed by atoms with Gasteiger partial charge >= 0.3 is 0 Å². The lowest BCUT2D eigenvalue weighted by molar-refractivity contribution is 0.0947. The van der Waals surface area contributed by atoms with E-state index in [0.29, 0.717) is 17.7 Å². The standard InChI is InChI=1S/C20H22N4O/c21-16-17-5-4-6-18(15-17)20(25)22-9-10-23-11-13-24(14-12-23)19-7-2-1-3-8-19/h1-8,15H,9-14H2,(H,22,25). The highest BCUT2D eigenvalue weighted by atomic mass is 16.1. The summed E-state index contributed by atoms with van der Waals surface area (Å²) in [6.45, 7) is 5.45. The molecule has 3 rings (SSSR count). The average Bonchev–Trinajstić information content (AvgIpc) is 2.69. The Labute approximate surface area is 148 Å². The maximum Gasteiger partial charge on any atom is 0.251 e. The Morgan fingerprint density at radius 1 is 1.04 bits per heavy atom. The number of para-hydroxylation sites is 1. The Morgan fingerprint density at radius 2 is 1.80 bits per heavy atom. The molecule has 1 aliphatic heterocycles. The molecule has 2 aromatic carbocycles. The van der Waals surface area contributed by atoms with Crippen molar-refractivity contribution in [1.82, 2.24) is 10.2 Å². The quantitative estimate of drug-likeness (QED) is 0.910. The summed E-state index contributed by atoms with van der Waals surface area (Å²) in [6, 6.07) is 19.3. The fourth-order valence-electron chi connectivity index (χ4n) is 3.03. The monoisotopic (exact) mass is 334 g/mol. The molecule has 0 atom stereocenters. The van der Waals surface area contributed by atoms with Gasteiger partial charge < -0.3 is 10.2 Å². The fraction of sp³-hybridized carbons (Fsp3) is 0.300. The second-order valence-electron chi connectivity index (χ2n) is 6.11. The zero-order chi connectivity index (χ0) is 17.5. The Kier molecular flexibility index (Phi) is 5.65. The van der Waals surface area contributed by atoms with Crippen LogP contribution in [-0.4, -0.2) is 50.1 Å². The minimum Gasteiger partial charge on any atom is -0.369 e. The van der Waals surface area contributed by atoms with Crippen molar-refractivity contribution in [3.8, 4) is 6.07 Å². The Hall–Kier alpha value is -2.84. The first-order valence-electron chi connectivity index (χ1n) is 8.57. The van der Waals surface area contributed by atoms with E-state index in [1.165, 1.54) is 5.69 Å². The van der Waals surface area contributed by atoms with Crippen LogP contribution in [0.25, 0.3) is 0 Å². The van der Waals surface area contributed by atoms with Gasteiger partial charge in [-0.05, 0) is 30.3 Å². The van der Waals surface area contributed by atoms with Crippen LogP contribution in [0.1, 0.15) is 15.9 Å². The smallest absolute Gasteiger partial charge is 0.251 e. The van der Waals surface area contributed by atoms with Crippen LogP contribution in [0.3, 0.4) is 0 Å². The molecule has 0 spiro atoms. The lowest BCUT2D eigenvalue weighted by Gasteiger charge is -2.36. The molecule has 1 aliphatic rings. The summed E-state index contributed by atoms with van der Waals surface area (Å²) in [6.07, 6.45) is 0. The van der Waals surface area contributed by atoms with Crippen LogP contribution in [0.2, 0.25) is 0 Å². The van der Waals surface area contributed by atoms with Gasteiger partial charge in [0.25, 0.3) is 5.91 Å². The third-order valence-electron chi connectivity index (χ3n) is 4.46. The van der Waals surface area contributed by atoms with Crippen LogP contribution in [0.15, 0.2) is 54.6 Å². The van der Waals surface area contributed by atoms with Crippen molar-refractivity contribution in [2.24, 2.45) is 0 Å². The van der Waals surface area contributed by atoms with Crippen molar-refractivity contribution in [2.45, 2.75) is 0 Å². The van der Waals surface area contributed by atoms with Gasteiger partial charge in [-0.2, -0.15) is 5.26 Å². The van der Waals surface area contributed by atoms with E-state index in [-0.39, 0.29) is 5.91 Å². The molecule has 1 amide bonds. The van der Waals surface area contributed by atoms with Crippen LogP contribution < -0.4 is 10.2 Å². The van der Waals surface area contributed by atoms with Gasteiger partial charge in [-0.1, -0.05) is 24.3 Å². The normalized spacial score (nSPS) is 14.8. The number of benzene rings is 2. The van der Waals surface area contributed by atoms with Gasteiger partial charge in [-0.3, -0.25) is 9.69 Å². The Bertz CT molecular complexity index is 746. The number of rotatable bonds is 5. The summed E-state index contributed by atoms with van der Waals surface area (Å²) in [5.74, 6) is -0.125. The van der Waals surface area contributed by atoms with E-state index in [1.54, 1.807) is 24.3 Å². The summed E-state index contributed by atoms with van der Waals surface area (Å²) in [4.78, 5) is 16.9. The van der Waals surface area contributed by atoms with Crippen LogP contribution in [0, 0.1) is 11.3 Å². The van der Waals surface area contributed by atoms with Crippen LogP contribution in [0.4, 0.5) is 5.69 Å². The van der Waals surface area contributed by atoms with Crippen molar-refractivity contribution >= 4 is 11.6 Å². The van der Waals surface area contributed by atoms with Gasteiger partial charge in [-0.15, -0.1) is 0 Å². The number of carbonyl (C=O) groups excluding carboxylic acids is 1. The van der Waals surface area contributed by atoms with E-state index in [9.17, 15) is 4.79 Å². The zero-order valence-electron chi connectivity index (χ0n) is 14.2. The number of piperazine rings is 1. The highest BCUT2D eigenvalue weighted by Crippen LogP contribution is 2.15. The van der Waals surface area contributed by atoms with Gasteiger partial charge in [0.15, 0.2) is 0 Å². The summed E-state index contributed by atoms with van der Waals surface area (Å²) in [7, 11) is 0. The lowest BCUT2D eigenvalue weighted by atomic mass is 10.1. The molecular weight excluding hydrogens is 312 g/mol. The molecule has 0 bridgehead atoms. The summed E-state index contributed by atoms with van der Waals surface area (Å²) in [5.41, 5.74) is 2.31. The molecule has 1 saturated heterocycles. The van der Waals surface area contributed by atoms with Crippen molar-refractivity contribution in [1.29, 1.82) is 5.26 Å². The van der Waals surface area contributed by atoms with E-state index in [1.807, 2.05) is 6.07 Å². The Balaban J connectivity index is 1.41. The number of amides is 1. The third kappa shape index (κ3) is 4.59. The van der Waals surface area contributed by atoms with Gasteiger partial charge in [0.1, 0.15) is 0 Å². The summed E-state index contributed by atoms with van der Waals surface area (Å²) in [5, 5.41) is 11.8. The molecule has 0 unspecified atom stereocenters. The van der Waals surface area contributed by atoms with Crippen LogP contribution in [0.5, 0.6) is 0 Å². The van der Waals surface area contributed by atoms with Gasteiger partial charge in [0.05, 0.1) is 11.6 Å². The molecule has 1 heterocycles. The SMILES string of the molecule is N#Cc1cccc(C(=O)NCCN2CCN(c3ccccc3)CC2)c1. The maximum atomic E-state index is 12.1. The molecule has 0 saturated carbocycles. The number of hydrogen-bond acceptors (Lipinski definition) is 4. The molecule has 0 aliphatic carbocycles. The van der Waals surface area contributed by atoms with E-state index >= 15 is 0 Å². The first-order valence-corrected chi connectivity index (χ1v) is 8.57. The number of nitriles is 1. The minimum absolute atomic E-state index is 0.125. The number of hydrogen-bond donors (Lipinski definition) is 1. The predicted molar refractivity (Wildman–Crippen MR) is 98.6 cm³/mol. The first kappa shape index (κ1) is 17.0. The minimum atomic E-state index is -0.125. The molecule has 25 heavy (non-hydrogen) atoms. The molecule has 1 fully saturated rings. The highest BCUT2D eigenvalue weighted by molar-refractivity contribution is 5.94. The largest absolute Gasteiger partial charge is 0.369 e. The number of anilines is 1. The third-order valence-corrected chi connectivity index (χ3v) is 4.46. The van der Waals surface area contributed by atoms with E-state index < -0.39 is 0 Å². The zero-order valence-corrected chi connectivity index (χ0v) is 14.2. The maximum absolute atomic E-state index is 12.1. The average molecular weight is 334 g/mol. The van der Waals surface area contributed by atoms with Crippen LogP contribution in [-0.2, 0) is 0 Å². The summed E-state index contributed by atoms with van der Waals surface area (Å²) >= 11 is 0. The number of nitrogens with zero attached hydrogens (tertiary/aromatic N) is 3. The van der Waals surface area contributed by atoms with Crippen molar-refractivity contribution in [3.63, 3.8) is 0 Å². The lowest BCUT2D eigenvalue weighted by Crippen LogP contribution is -2.48. The fourth-order valence-corrected chi connectivity index (χ4v) is 3.03. The second kappa shape index (κ2) is 8.32. The molecule has 0 radical (unpaired) electrons. The Morgan fingerprint density at radius 3 is 2.52 bits per heavy atom. The molecule has 5 heteroatoms. The van der Waals surface area contributed by atoms with E-state index in [2.05, 4.69) is 45.5 Å². The van der Waals surface area contributed by atoms with Crippen LogP contribution >= 0.6 is 0 Å².